The summed E-state index contributed by atoms with van der Waals surface area (Å²) in [6.07, 6.45) is 5.82. The highest BCUT2D eigenvalue weighted by atomic mass is 16.5. The molecule has 0 spiro atoms. The molecule has 0 heterocycles. The summed E-state index contributed by atoms with van der Waals surface area (Å²) in [6, 6.07) is 0. The Morgan fingerprint density at radius 2 is 2.00 bits per heavy atom. The lowest BCUT2D eigenvalue weighted by atomic mass is 9.88. The molecule has 0 unspecified atom stereocenters. The van der Waals surface area contributed by atoms with E-state index in [1.54, 1.807) is 0 Å². The fourth-order valence-corrected chi connectivity index (χ4v) is 1.09. The van der Waals surface area contributed by atoms with Crippen LogP contribution in [-0.4, -0.2) is 12.1 Å². The summed E-state index contributed by atoms with van der Waals surface area (Å²) in [7, 11) is 0. The van der Waals surface area contributed by atoms with Gasteiger partial charge in [0, 0.05) is 0 Å². The highest BCUT2D eigenvalue weighted by Gasteiger charge is 2.28. The fourth-order valence-electron chi connectivity index (χ4n) is 1.09. The molecular formula is C12H22O2. The number of rotatable bonds is 5. The van der Waals surface area contributed by atoms with E-state index < -0.39 is 0 Å². The largest absolute Gasteiger partial charge is 0.463 e. The summed E-state index contributed by atoms with van der Waals surface area (Å²) in [5.41, 5.74) is -0.371. The van der Waals surface area contributed by atoms with Gasteiger partial charge in [0.1, 0.15) is 0 Å². The number of ether oxygens (including phenoxy) is 1. The average Bonchev–Trinajstić information content (AvgIpc) is 2.03. The molecule has 0 aliphatic rings. The Labute approximate surface area is 87.3 Å². The molecule has 82 valence electrons. The number of carbonyl (C=O) groups excluding carboxylic acids is 1. The minimum Gasteiger partial charge on any atom is -0.463 e. The summed E-state index contributed by atoms with van der Waals surface area (Å²) in [5.74, 6) is -0.1000. The quantitative estimate of drug-likeness (QED) is 0.500. The first-order chi connectivity index (χ1) is 6.40. The van der Waals surface area contributed by atoms with E-state index in [1.165, 1.54) is 0 Å². The van der Waals surface area contributed by atoms with Gasteiger partial charge in [0.25, 0.3) is 0 Å². The van der Waals surface area contributed by atoms with Gasteiger partial charge in [-0.3, -0.25) is 4.79 Å². The van der Waals surface area contributed by atoms with Crippen LogP contribution in [-0.2, 0) is 9.53 Å². The van der Waals surface area contributed by atoms with Gasteiger partial charge in [-0.15, -0.1) is 0 Å². The van der Waals surface area contributed by atoms with Crippen molar-refractivity contribution in [3.05, 3.63) is 12.2 Å². The molecule has 14 heavy (non-hydrogen) atoms. The maximum absolute atomic E-state index is 11.6. The zero-order valence-electron chi connectivity index (χ0n) is 9.96. The molecule has 0 N–H and O–H groups in total. The Balaban J connectivity index is 4.09. The Hall–Kier alpha value is -0.790. The molecule has 0 aliphatic heterocycles. The van der Waals surface area contributed by atoms with Crippen molar-refractivity contribution in [3.63, 3.8) is 0 Å². The van der Waals surface area contributed by atoms with Gasteiger partial charge < -0.3 is 4.74 Å². The smallest absolute Gasteiger partial charge is 0.311 e. The third-order valence-electron chi connectivity index (χ3n) is 2.07. The van der Waals surface area contributed by atoms with Crippen LogP contribution in [0.4, 0.5) is 0 Å². The maximum Gasteiger partial charge on any atom is 0.311 e. The van der Waals surface area contributed by atoms with Crippen molar-refractivity contribution in [3.8, 4) is 0 Å². The van der Waals surface area contributed by atoms with Crippen LogP contribution >= 0.6 is 0 Å². The fraction of sp³-hybridized carbons (Fsp3) is 0.750. The third kappa shape index (κ3) is 5.05. The molecule has 0 aromatic rings. The topological polar surface area (TPSA) is 26.3 Å². The molecule has 2 nitrogen and oxygen atoms in total. The minimum absolute atomic E-state index is 0.0245. The Bertz CT molecular complexity index is 202. The van der Waals surface area contributed by atoms with Crippen molar-refractivity contribution in [2.24, 2.45) is 5.41 Å². The van der Waals surface area contributed by atoms with E-state index >= 15 is 0 Å². The van der Waals surface area contributed by atoms with Crippen molar-refractivity contribution in [2.45, 2.75) is 53.6 Å². The number of hydrogen-bond acceptors (Lipinski definition) is 2. The molecule has 0 bridgehead atoms. The standard InChI is InChI=1S/C12H22O2/c1-6-7-8-9-12(4,5)11(13)14-10(2)3/h6-7,10H,8-9H2,1-5H3/b7-6-. The number of allylic oxidation sites excluding steroid dienone is 2. The zero-order valence-corrected chi connectivity index (χ0v) is 9.96. The van der Waals surface area contributed by atoms with Gasteiger partial charge in [-0.25, -0.2) is 0 Å². The molecule has 0 rings (SSSR count). The van der Waals surface area contributed by atoms with E-state index in [0.29, 0.717) is 0 Å². The molecule has 0 saturated heterocycles. The van der Waals surface area contributed by atoms with Crippen molar-refractivity contribution in [1.29, 1.82) is 0 Å². The van der Waals surface area contributed by atoms with Crippen LogP contribution in [0.1, 0.15) is 47.5 Å². The number of carbonyl (C=O) groups is 1. The van der Waals surface area contributed by atoms with Crippen molar-refractivity contribution < 1.29 is 9.53 Å². The van der Waals surface area contributed by atoms with Crippen LogP contribution in [0.3, 0.4) is 0 Å². The van der Waals surface area contributed by atoms with Crippen molar-refractivity contribution in [2.75, 3.05) is 0 Å². The molecule has 0 aromatic heterocycles. The second kappa shape index (κ2) is 5.84. The second-order valence-electron chi connectivity index (χ2n) is 4.45. The molecule has 0 amide bonds. The van der Waals surface area contributed by atoms with Crippen LogP contribution in [0.2, 0.25) is 0 Å². The van der Waals surface area contributed by atoms with Crippen LogP contribution < -0.4 is 0 Å². The zero-order chi connectivity index (χ0) is 11.2. The van der Waals surface area contributed by atoms with Gasteiger partial charge in [0.15, 0.2) is 0 Å². The van der Waals surface area contributed by atoms with E-state index in [-0.39, 0.29) is 17.5 Å². The summed E-state index contributed by atoms with van der Waals surface area (Å²) in [4.78, 5) is 11.6. The van der Waals surface area contributed by atoms with Gasteiger partial charge in [-0.05, 0) is 47.5 Å². The number of esters is 1. The average molecular weight is 198 g/mol. The van der Waals surface area contributed by atoms with Crippen LogP contribution in [0.25, 0.3) is 0 Å². The maximum atomic E-state index is 11.6. The molecule has 0 fully saturated rings. The van der Waals surface area contributed by atoms with E-state index in [4.69, 9.17) is 4.74 Å². The van der Waals surface area contributed by atoms with Gasteiger partial charge in [-0.1, -0.05) is 12.2 Å². The lowest BCUT2D eigenvalue weighted by molar-refractivity contribution is -0.158. The molecule has 0 aromatic carbocycles. The van der Waals surface area contributed by atoms with E-state index in [9.17, 15) is 4.79 Å². The number of hydrogen-bond donors (Lipinski definition) is 0. The van der Waals surface area contributed by atoms with E-state index in [0.717, 1.165) is 12.8 Å². The molecule has 0 radical (unpaired) electrons. The molecule has 0 saturated carbocycles. The molecular weight excluding hydrogens is 176 g/mol. The lowest BCUT2D eigenvalue weighted by Gasteiger charge is -2.23. The Morgan fingerprint density at radius 1 is 1.43 bits per heavy atom. The lowest BCUT2D eigenvalue weighted by Crippen LogP contribution is -2.28. The third-order valence-corrected chi connectivity index (χ3v) is 2.07. The van der Waals surface area contributed by atoms with Crippen LogP contribution in [0, 0.1) is 5.41 Å². The monoisotopic (exact) mass is 198 g/mol. The summed E-state index contributed by atoms with van der Waals surface area (Å²) in [5, 5.41) is 0. The van der Waals surface area contributed by atoms with Crippen LogP contribution in [0.5, 0.6) is 0 Å². The van der Waals surface area contributed by atoms with Crippen molar-refractivity contribution in [1.82, 2.24) is 0 Å². The molecule has 0 aliphatic carbocycles. The highest BCUT2D eigenvalue weighted by Crippen LogP contribution is 2.24. The predicted octanol–water partition coefficient (Wildman–Crippen LogP) is 3.32. The SMILES string of the molecule is C/C=C\CCC(C)(C)C(=O)OC(C)C. The first-order valence-corrected chi connectivity index (χ1v) is 5.22. The second-order valence-corrected chi connectivity index (χ2v) is 4.45. The summed E-state index contributed by atoms with van der Waals surface area (Å²) < 4.78 is 5.18. The van der Waals surface area contributed by atoms with Gasteiger partial charge in [-0.2, -0.15) is 0 Å². The summed E-state index contributed by atoms with van der Waals surface area (Å²) >= 11 is 0. The molecule has 2 heteroatoms. The van der Waals surface area contributed by atoms with Crippen molar-refractivity contribution >= 4 is 5.97 Å². The van der Waals surface area contributed by atoms with E-state index in [1.807, 2.05) is 40.7 Å². The highest BCUT2D eigenvalue weighted by molar-refractivity contribution is 5.76. The van der Waals surface area contributed by atoms with Gasteiger partial charge >= 0.3 is 5.97 Å². The van der Waals surface area contributed by atoms with Gasteiger partial charge in [0.2, 0.25) is 0 Å². The first-order valence-electron chi connectivity index (χ1n) is 5.22. The minimum atomic E-state index is -0.371. The van der Waals surface area contributed by atoms with Gasteiger partial charge in [0.05, 0.1) is 11.5 Å². The Kier molecular flexibility index (Phi) is 5.51. The van der Waals surface area contributed by atoms with Crippen LogP contribution in [0.15, 0.2) is 12.2 Å². The normalized spacial score (nSPS) is 12.4. The predicted molar refractivity (Wildman–Crippen MR) is 59.1 cm³/mol. The summed E-state index contributed by atoms with van der Waals surface area (Å²) in [6.45, 7) is 9.60. The first kappa shape index (κ1) is 13.2. The molecule has 0 atom stereocenters. The van der Waals surface area contributed by atoms with E-state index in [2.05, 4.69) is 6.08 Å². The Morgan fingerprint density at radius 3 is 2.43 bits per heavy atom.